The minimum Gasteiger partial charge on any atom is -0.469 e. The second-order valence-electron chi connectivity index (χ2n) is 6.86. The van der Waals surface area contributed by atoms with E-state index in [-0.39, 0.29) is 11.5 Å². The van der Waals surface area contributed by atoms with Gasteiger partial charge in [0.05, 0.1) is 12.5 Å². The summed E-state index contributed by atoms with van der Waals surface area (Å²) in [5.41, 5.74) is 2.35. The summed E-state index contributed by atoms with van der Waals surface area (Å²) in [5, 5.41) is 0.794. The average Bonchev–Trinajstić information content (AvgIpc) is 3.25. The number of esters is 1. The lowest BCUT2D eigenvalue weighted by Crippen LogP contribution is -2.26. The second-order valence-corrected chi connectivity index (χ2v) is 7.95. The second kappa shape index (κ2) is 7.64. The van der Waals surface area contributed by atoms with E-state index in [1.807, 2.05) is 30.3 Å². The third-order valence-corrected chi connectivity index (χ3v) is 6.28. The standard InChI is InChI=1S/C21H22N2O3S/c1-26-18(24)11-6-12-23-17(13-14-7-3-2-4-8-14)22-20-19(21(23)25)15-9-5-10-16(15)27-20/h2-4,7-8H,5-6,9-13H2,1H3. The summed E-state index contributed by atoms with van der Waals surface area (Å²) in [6.07, 6.45) is 4.59. The molecule has 0 radical (unpaired) electrons. The highest BCUT2D eigenvalue weighted by atomic mass is 32.1. The van der Waals surface area contributed by atoms with E-state index in [1.165, 1.54) is 17.6 Å². The lowest BCUT2D eigenvalue weighted by atomic mass is 10.1. The van der Waals surface area contributed by atoms with Crippen molar-refractivity contribution in [2.45, 2.75) is 45.1 Å². The molecule has 1 aliphatic rings. The molecule has 5 nitrogen and oxygen atoms in total. The van der Waals surface area contributed by atoms with Crippen LogP contribution in [0, 0.1) is 0 Å². The van der Waals surface area contributed by atoms with Gasteiger partial charge >= 0.3 is 5.97 Å². The van der Waals surface area contributed by atoms with E-state index in [2.05, 4.69) is 0 Å². The summed E-state index contributed by atoms with van der Waals surface area (Å²) < 4.78 is 6.49. The molecule has 0 atom stereocenters. The number of rotatable bonds is 6. The number of ether oxygens (including phenoxy) is 1. The Kier molecular flexibility index (Phi) is 5.07. The molecule has 2 aromatic heterocycles. The molecule has 0 spiro atoms. The number of carbonyl (C=O) groups is 1. The first kappa shape index (κ1) is 17.9. The van der Waals surface area contributed by atoms with Gasteiger partial charge in [-0.1, -0.05) is 30.3 Å². The van der Waals surface area contributed by atoms with E-state index in [4.69, 9.17) is 9.72 Å². The summed E-state index contributed by atoms with van der Waals surface area (Å²) in [6, 6.07) is 10.1. The van der Waals surface area contributed by atoms with E-state index >= 15 is 0 Å². The summed E-state index contributed by atoms with van der Waals surface area (Å²) in [5.74, 6) is 0.515. The Bertz CT molecular complexity index is 1040. The number of methoxy groups -OCH3 is 1. The summed E-state index contributed by atoms with van der Waals surface area (Å²) in [6.45, 7) is 0.476. The minimum atomic E-state index is -0.252. The van der Waals surface area contributed by atoms with Crippen LogP contribution in [-0.2, 0) is 35.3 Å². The Labute approximate surface area is 161 Å². The van der Waals surface area contributed by atoms with Crippen LogP contribution in [0.15, 0.2) is 35.1 Å². The number of aryl methyl sites for hydroxylation is 2. The SMILES string of the molecule is COC(=O)CCCn1c(Cc2ccccc2)nc2sc3c(c2c1=O)CCC3. The molecular formula is C21H22N2O3S. The van der Waals surface area contributed by atoms with Gasteiger partial charge in [-0.05, 0) is 36.8 Å². The quantitative estimate of drug-likeness (QED) is 0.612. The maximum Gasteiger partial charge on any atom is 0.305 e. The normalized spacial score (nSPS) is 13.1. The van der Waals surface area contributed by atoms with Gasteiger partial charge in [-0.15, -0.1) is 11.3 Å². The highest BCUT2D eigenvalue weighted by Gasteiger charge is 2.23. The maximum absolute atomic E-state index is 13.3. The van der Waals surface area contributed by atoms with Crippen LogP contribution in [0.2, 0.25) is 0 Å². The van der Waals surface area contributed by atoms with Crippen LogP contribution in [0.1, 0.15) is 41.1 Å². The van der Waals surface area contributed by atoms with E-state index in [9.17, 15) is 9.59 Å². The molecule has 0 amide bonds. The molecule has 140 valence electrons. The highest BCUT2D eigenvalue weighted by molar-refractivity contribution is 7.18. The van der Waals surface area contributed by atoms with Crippen molar-refractivity contribution in [3.8, 4) is 0 Å². The van der Waals surface area contributed by atoms with E-state index in [0.717, 1.165) is 40.9 Å². The molecule has 2 heterocycles. The van der Waals surface area contributed by atoms with E-state index < -0.39 is 0 Å². The Morgan fingerprint density at radius 2 is 2.07 bits per heavy atom. The van der Waals surface area contributed by atoms with Crippen molar-refractivity contribution in [3.05, 3.63) is 62.5 Å². The van der Waals surface area contributed by atoms with Crippen molar-refractivity contribution in [1.82, 2.24) is 9.55 Å². The zero-order chi connectivity index (χ0) is 18.8. The zero-order valence-electron chi connectivity index (χ0n) is 15.4. The number of fused-ring (bicyclic) bond motifs is 3. The molecule has 0 bridgehead atoms. The number of carbonyl (C=O) groups excluding carboxylic acids is 1. The number of aromatic nitrogens is 2. The van der Waals surface area contributed by atoms with Gasteiger partial charge in [-0.25, -0.2) is 4.98 Å². The van der Waals surface area contributed by atoms with Gasteiger partial charge in [0.25, 0.3) is 5.56 Å². The Balaban J connectivity index is 1.75. The first-order valence-electron chi connectivity index (χ1n) is 9.32. The molecule has 4 rings (SSSR count). The van der Waals surface area contributed by atoms with E-state index in [1.54, 1.807) is 15.9 Å². The van der Waals surface area contributed by atoms with Gasteiger partial charge in [0, 0.05) is 24.3 Å². The molecule has 1 aliphatic carbocycles. The largest absolute Gasteiger partial charge is 0.469 e. The fraction of sp³-hybridized carbons (Fsp3) is 0.381. The highest BCUT2D eigenvalue weighted by Crippen LogP contribution is 2.34. The first-order chi connectivity index (χ1) is 13.2. The lowest BCUT2D eigenvalue weighted by molar-refractivity contribution is -0.140. The Hall–Kier alpha value is -2.47. The predicted octanol–water partition coefficient (Wildman–Crippen LogP) is 3.49. The van der Waals surface area contributed by atoms with Crippen LogP contribution in [0.5, 0.6) is 0 Å². The van der Waals surface area contributed by atoms with Gasteiger partial charge in [0.1, 0.15) is 10.7 Å². The third-order valence-electron chi connectivity index (χ3n) is 5.10. The van der Waals surface area contributed by atoms with Gasteiger partial charge in [0.2, 0.25) is 0 Å². The van der Waals surface area contributed by atoms with Gasteiger partial charge in [-0.3, -0.25) is 14.2 Å². The molecular weight excluding hydrogens is 360 g/mol. The van der Waals surface area contributed by atoms with Crippen molar-refractivity contribution >= 4 is 27.5 Å². The fourth-order valence-corrected chi connectivity index (χ4v) is 5.02. The summed E-state index contributed by atoms with van der Waals surface area (Å²) in [7, 11) is 1.39. The van der Waals surface area contributed by atoms with Crippen molar-refractivity contribution < 1.29 is 9.53 Å². The number of nitrogens with zero attached hydrogens (tertiary/aromatic N) is 2. The molecule has 0 saturated heterocycles. The van der Waals surface area contributed by atoms with Crippen LogP contribution in [-0.4, -0.2) is 22.6 Å². The molecule has 6 heteroatoms. The van der Waals surface area contributed by atoms with Crippen LogP contribution in [0.3, 0.4) is 0 Å². The van der Waals surface area contributed by atoms with Crippen LogP contribution >= 0.6 is 11.3 Å². The molecule has 0 aliphatic heterocycles. The Morgan fingerprint density at radius 3 is 2.85 bits per heavy atom. The Morgan fingerprint density at radius 1 is 1.26 bits per heavy atom. The molecule has 3 aromatic rings. The van der Waals surface area contributed by atoms with Gasteiger partial charge in [-0.2, -0.15) is 0 Å². The molecule has 0 unspecified atom stereocenters. The average molecular weight is 382 g/mol. The third kappa shape index (κ3) is 3.54. The van der Waals surface area contributed by atoms with Crippen LogP contribution < -0.4 is 5.56 Å². The van der Waals surface area contributed by atoms with Crippen LogP contribution in [0.4, 0.5) is 0 Å². The maximum atomic E-state index is 13.3. The lowest BCUT2D eigenvalue weighted by Gasteiger charge is -2.13. The first-order valence-corrected chi connectivity index (χ1v) is 10.1. The number of hydrogen-bond donors (Lipinski definition) is 0. The van der Waals surface area contributed by atoms with Crippen molar-refractivity contribution in [1.29, 1.82) is 0 Å². The molecule has 1 aromatic carbocycles. The molecule has 27 heavy (non-hydrogen) atoms. The zero-order valence-corrected chi connectivity index (χ0v) is 16.2. The van der Waals surface area contributed by atoms with Gasteiger partial charge < -0.3 is 4.74 Å². The molecule has 0 saturated carbocycles. The van der Waals surface area contributed by atoms with E-state index in [0.29, 0.717) is 25.8 Å². The van der Waals surface area contributed by atoms with Crippen molar-refractivity contribution in [2.24, 2.45) is 0 Å². The predicted molar refractivity (Wildman–Crippen MR) is 106 cm³/mol. The minimum absolute atomic E-state index is 0.0372. The summed E-state index contributed by atoms with van der Waals surface area (Å²) >= 11 is 1.67. The number of hydrogen-bond acceptors (Lipinski definition) is 5. The monoisotopic (exact) mass is 382 g/mol. The van der Waals surface area contributed by atoms with Crippen LogP contribution in [0.25, 0.3) is 10.2 Å². The topological polar surface area (TPSA) is 61.2 Å². The number of thiophene rings is 1. The summed E-state index contributed by atoms with van der Waals surface area (Å²) in [4.78, 5) is 31.8. The van der Waals surface area contributed by atoms with Crippen molar-refractivity contribution in [3.63, 3.8) is 0 Å². The molecule has 0 N–H and O–H groups in total. The van der Waals surface area contributed by atoms with Gasteiger partial charge in [0.15, 0.2) is 0 Å². The fourth-order valence-electron chi connectivity index (χ4n) is 3.75. The van der Waals surface area contributed by atoms with Crippen molar-refractivity contribution in [2.75, 3.05) is 7.11 Å². The smallest absolute Gasteiger partial charge is 0.305 e. The molecule has 0 fully saturated rings. The number of benzene rings is 1.